The summed E-state index contributed by atoms with van der Waals surface area (Å²) in [5, 5.41) is 16.5. The van der Waals surface area contributed by atoms with Crippen LogP contribution in [-0.4, -0.2) is 62.7 Å². The Bertz CT molecular complexity index is 964. The molecule has 0 bridgehead atoms. The number of rotatable bonds is 4. The number of aryl methyl sites for hydroxylation is 1. The molecule has 1 aliphatic rings. The van der Waals surface area contributed by atoms with E-state index in [1.165, 1.54) is 15.9 Å². The fraction of sp³-hybridized carbons (Fsp3) is 0.444. The number of hydrogen-bond donors (Lipinski definition) is 1. The van der Waals surface area contributed by atoms with E-state index in [4.69, 9.17) is 23.2 Å². The predicted octanol–water partition coefficient (Wildman–Crippen LogP) is 3.70. The molecule has 1 aliphatic heterocycles. The molecule has 9 heteroatoms. The van der Waals surface area contributed by atoms with E-state index in [-0.39, 0.29) is 11.9 Å². The number of fused-ring (bicyclic) bond motifs is 1. The Morgan fingerprint density at radius 1 is 1.22 bits per heavy atom. The number of aromatic hydroxyl groups is 1. The van der Waals surface area contributed by atoms with Crippen molar-refractivity contribution in [2.75, 3.05) is 33.2 Å². The van der Waals surface area contributed by atoms with Gasteiger partial charge in [-0.3, -0.25) is 4.90 Å². The first-order valence-corrected chi connectivity index (χ1v) is 10.5. The lowest BCUT2D eigenvalue weighted by atomic mass is 10.0. The van der Waals surface area contributed by atoms with Crippen molar-refractivity contribution in [3.8, 4) is 5.88 Å². The minimum atomic E-state index is -0.165. The maximum Gasteiger partial charge on any atom is 0.230 e. The molecule has 6 nitrogen and oxygen atoms in total. The van der Waals surface area contributed by atoms with E-state index >= 15 is 0 Å². The monoisotopic (exact) mass is 425 g/mol. The van der Waals surface area contributed by atoms with Crippen LogP contribution < -0.4 is 0 Å². The summed E-state index contributed by atoms with van der Waals surface area (Å²) in [7, 11) is 2.12. The Morgan fingerprint density at radius 3 is 2.59 bits per heavy atom. The Balaban J connectivity index is 1.82. The van der Waals surface area contributed by atoms with Crippen LogP contribution in [-0.2, 0) is 6.42 Å². The van der Waals surface area contributed by atoms with E-state index in [0.717, 1.165) is 48.9 Å². The van der Waals surface area contributed by atoms with Crippen molar-refractivity contribution >= 4 is 39.5 Å². The highest BCUT2D eigenvalue weighted by Gasteiger charge is 2.32. The normalized spacial score (nSPS) is 17.6. The largest absolute Gasteiger partial charge is 0.492 e. The summed E-state index contributed by atoms with van der Waals surface area (Å²) < 4.78 is 1.53. The molecule has 0 saturated carbocycles. The third-order valence-electron chi connectivity index (χ3n) is 4.97. The zero-order valence-electron chi connectivity index (χ0n) is 15.2. The highest BCUT2D eigenvalue weighted by Crippen LogP contribution is 2.42. The summed E-state index contributed by atoms with van der Waals surface area (Å²) in [6.45, 7) is 5.69. The van der Waals surface area contributed by atoms with Gasteiger partial charge in [0, 0.05) is 42.6 Å². The number of piperazine rings is 1. The van der Waals surface area contributed by atoms with Crippen molar-refractivity contribution in [1.82, 2.24) is 24.4 Å². The Hall–Kier alpha value is -1.38. The van der Waals surface area contributed by atoms with Crippen molar-refractivity contribution in [3.63, 3.8) is 0 Å². The lowest BCUT2D eigenvalue weighted by Crippen LogP contribution is -2.46. The summed E-state index contributed by atoms with van der Waals surface area (Å²) in [6.07, 6.45) is 0.730. The van der Waals surface area contributed by atoms with Crippen LogP contribution in [0.15, 0.2) is 18.2 Å². The Morgan fingerprint density at radius 2 is 1.96 bits per heavy atom. The molecule has 1 fully saturated rings. The molecular formula is C18H21Cl2N5OS. The summed E-state index contributed by atoms with van der Waals surface area (Å²) in [4.78, 5) is 10.7. The van der Waals surface area contributed by atoms with E-state index < -0.39 is 0 Å². The van der Waals surface area contributed by atoms with Crippen molar-refractivity contribution < 1.29 is 5.11 Å². The number of benzene rings is 1. The van der Waals surface area contributed by atoms with Crippen molar-refractivity contribution in [1.29, 1.82) is 0 Å². The van der Waals surface area contributed by atoms with Crippen LogP contribution >= 0.6 is 34.5 Å². The predicted molar refractivity (Wildman–Crippen MR) is 109 cm³/mol. The van der Waals surface area contributed by atoms with E-state index in [0.29, 0.717) is 15.0 Å². The van der Waals surface area contributed by atoms with E-state index in [2.05, 4.69) is 26.9 Å². The topological polar surface area (TPSA) is 56.9 Å². The minimum Gasteiger partial charge on any atom is -0.492 e. The van der Waals surface area contributed by atoms with E-state index in [1.807, 2.05) is 19.1 Å². The number of nitrogens with zero attached hydrogens (tertiary/aromatic N) is 5. The highest BCUT2D eigenvalue weighted by molar-refractivity contribution is 7.17. The van der Waals surface area contributed by atoms with Crippen molar-refractivity contribution in [2.24, 2.45) is 0 Å². The molecule has 0 amide bonds. The smallest absolute Gasteiger partial charge is 0.230 e. The molecule has 1 atom stereocenters. The molecule has 2 aromatic heterocycles. The second-order valence-corrected chi connectivity index (χ2v) is 8.63. The zero-order valence-corrected chi connectivity index (χ0v) is 17.5. The maximum atomic E-state index is 10.9. The van der Waals surface area contributed by atoms with Gasteiger partial charge in [-0.2, -0.15) is 4.52 Å². The molecule has 27 heavy (non-hydrogen) atoms. The van der Waals surface area contributed by atoms with Gasteiger partial charge in [0.2, 0.25) is 10.8 Å². The maximum absolute atomic E-state index is 10.9. The van der Waals surface area contributed by atoms with Crippen LogP contribution in [0.3, 0.4) is 0 Å². The van der Waals surface area contributed by atoms with Crippen LogP contribution in [0, 0.1) is 0 Å². The first-order chi connectivity index (χ1) is 13.0. The van der Waals surface area contributed by atoms with Crippen LogP contribution in [0.5, 0.6) is 5.88 Å². The van der Waals surface area contributed by atoms with Gasteiger partial charge in [-0.25, -0.2) is 4.98 Å². The van der Waals surface area contributed by atoms with Gasteiger partial charge in [0.25, 0.3) is 0 Å². The lowest BCUT2D eigenvalue weighted by molar-refractivity contribution is 0.127. The fourth-order valence-electron chi connectivity index (χ4n) is 3.43. The fourth-order valence-corrected chi connectivity index (χ4v) is 5.06. The Labute approximate surface area is 171 Å². The molecule has 0 radical (unpaired) electrons. The van der Waals surface area contributed by atoms with Crippen LogP contribution in [0.1, 0.15) is 29.2 Å². The number of halogens is 2. The molecular weight excluding hydrogens is 405 g/mol. The molecule has 1 saturated heterocycles. The van der Waals surface area contributed by atoms with E-state index in [1.54, 1.807) is 6.07 Å². The third-order valence-corrected chi connectivity index (χ3v) is 6.60. The average molecular weight is 426 g/mol. The number of likely N-dealkylation sites (N-methyl/N-ethyl adjacent to an activating group) is 1. The second kappa shape index (κ2) is 7.56. The zero-order chi connectivity index (χ0) is 19.1. The van der Waals surface area contributed by atoms with Crippen molar-refractivity contribution in [2.45, 2.75) is 19.4 Å². The first kappa shape index (κ1) is 19.0. The van der Waals surface area contributed by atoms with Gasteiger partial charge in [-0.15, -0.1) is 5.10 Å². The number of aromatic nitrogens is 3. The molecule has 1 N–H and O–H groups in total. The molecule has 3 aromatic rings. The SMILES string of the molecule is CCc1nc2sc([C@@H](c3ccc(Cl)cc3Cl)N3CCN(C)CC3)c(O)n2n1. The van der Waals surface area contributed by atoms with Gasteiger partial charge in [0.15, 0.2) is 5.82 Å². The number of thiazole rings is 1. The van der Waals surface area contributed by atoms with Crippen LogP contribution in [0.25, 0.3) is 4.96 Å². The standard InChI is InChI=1S/C18H21Cl2N5OS/c1-3-14-21-18-25(22-14)17(26)16(27-18)15(24-8-6-23(2)7-9-24)12-5-4-11(19)10-13(12)20/h4-5,10,15,26H,3,6-9H2,1-2H3/t15-/m1/s1. The van der Waals surface area contributed by atoms with Gasteiger partial charge < -0.3 is 10.0 Å². The van der Waals surface area contributed by atoms with Gasteiger partial charge in [0.1, 0.15) is 0 Å². The number of hydrogen-bond acceptors (Lipinski definition) is 6. The highest BCUT2D eigenvalue weighted by atomic mass is 35.5. The minimum absolute atomic E-state index is 0.136. The summed E-state index contributed by atoms with van der Waals surface area (Å²) in [5.41, 5.74) is 0.932. The average Bonchev–Trinajstić information content (AvgIpc) is 3.18. The van der Waals surface area contributed by atoms with Crippen LogP contribution in [0.2, 0.25) is 10.0 Å². The summed E-state index contributed by atoms with van der Waals surface area (Å²) in [6, 6.07) is 5.38. The Kier molecular flexibility index (Phi) is 5.31. The van der Waals surface area contributed by atoms with E-state index in [9.17, 15) is 5.11 Å². The summed E-state index contributed by atoms with van der Waals surface area (Å²) in [5.74, 6) is 0.862. The molecule has 1 aromatic carbocycles. The lowest BCUT2D eigenvalue weighted by Gasteiger charge is -2.38. The molecule has 3 heterocycles. The first-order valence-electron chi connectivity index (χ1n) is 8.92. The van der Waals surface area contributed by atoms with Gasteiger partial charge in [-0.1, -0.05) is 47.5 Å². The molecule has 0 unspecified atom stereocenters. The van der Waals surface area contributed by atoms with Gasteiger partial charge >= 0.3 is 0 Å². The summed E-state index contributed by atoms with van der Waals surface area (Å²) >= 11 is 14.1. The van der Waals surface area contributed by atoms with Crippen molar-refractivity contribution in [3.05, 3.63) is 44.5 Å². The molecule has 4 rings (SSSR count). The molecule has 0 aliphatic carbocycles. The van der Waals surface area contributed by atoms with Gasteiger partial charge in [-0.05, 0) is 24.7 Å². The second-order valence-electron chi connectivity index (χ2n) is 6.77. The third kappa shape index (κ3) is 3.54. The quantitative estimate of drug-likeness (QED) is 0.690. The van der Waals surface area contributed by atoms with Crippen LogP contribution in [0.4, 0.5) is 0 Å². The molecule has 144 valence electrons. The molecule has 0 spiro atoms. The van der Waals surface area contributed by atoms with Gasteiger partial charge in [0.05, 0.1) is 10.9 Å².